The van der Waals surface area contributed by atoms with Crippen LogP contribution in [-0.2, 0) is 33.4 Å². The van der Waals surface area contributed by atoms with Gasteiger partial charge in [0, 0.05) is 23.2 Å². The van der Waals surface area contributed by atoms with Crippen LogP contribution in [0.5, 0.6) is 0 Å². The number of benzene rings is 1. The number of carbonyl (C=O) groups is 3. The van der Waals surface area contributed by atoms with E-state index < -0.39 is 74.2 Å². The number of hydrogen-bond acceptors (Lipinski definition) is 7. The molecule has 2 bridgehead atoms. The first-order chi connectivity index (χ1) is 18.6. The molecule has 10 atom stereocenters. The van der Waals surface area contributed by atoms with Crippen LogP contribution in [0, 0.1) is 46.8 Å². The van der Waals surface area contributed by atoms with E-state index in [-0.39, 0.29) is 23.7 Å². The Morgan fingerprint density at radius 3 is 2.38 bits per heavy atom. The minimum Gasteiger partial charge on any atom is -0.479 e. The molecule has 0 amide bonds. The summed E-state index contributed by atoms with van der Waals surface area (Å²) in [6.07, 6.45) is -1.97. The molecule has 0 saturated heterocycles. The Hall–Kier alpha value is -2.59. The zero-order valence-electron chi connectivity index (χ0n) is 23.6. The number of carbonyl (C=O) groups excluding carboxylic acids is 2. The van der Waals surface area contributed by atoms with Crippen LogP contribution in [0.2, 0.25) is 0 Å². The maximum Gasteiger partial charge on any atom is 0.334 e. The molecule has 4 rings (SSSR count). The van der Waals surface area contributed by atoms with Crippen molar-refractivity contribution < 1.29 is 41.2 Å². The van der Waals surface area contributed by atoms with Crippen LogP contribution in [0.1, 0.15) is 58.9 Å². The molecule has 0 aromatic heterocycles. The van der Waals surface area contributed by atoms with E-state index in [1.165, 1.54) is 12.1 Å². The highest BCUT2D eigenvalue weighted by Gasteiger charge is 2.71. The van der Waals surface area contributed by atoms with Crippen LogP contribution in [-0.4, -0.2) is 50.1 Å². The number of aliphatic carboxylic acids is 1. The summed E-state index contributed by atoms with van der Waals surface area (Å²) in [6.45, 7) is 13.4. The summed E-state index contributed by atoms with van der Waals surface area (Å²) in [5.74, 6) is -4.83. The van der Waals surface area contributed by atoms with E-state index in [4.69, 9.17) is 8.92 Å². The highest BCUT2D eigenvalue weighted by molar-refractivity contribution is 7.86. The predicted molar refractivity (Wildman–Crippen MR) is 144 cm³/mol. The van der Waals surface area contributed by atoms with Gasteiger partial charge >= 0.3 is 5.97 Å². The molecule has 3 saturated carbocycles. The van der Waals surface area contributed by atoms with Crippen molar-refractivity contribution in [2.45, 2.75) is 83.6 Å². The Morgan fingerprint density at radius 2 is 1.82 bits per heavy atom. The van der Waals surface area contributed by atoms with Gasteiger partial charge in [-0.15, -0.1) is 6.58 Å². The Morgan fingerprint density at radius 1 is 1.20 bits per heavy atom. The molecule has 8 nitrogen and oxygen atoms in total. The first-order valence-electron chi connectivity index (χ1n) is 13.7. The summed E-state index contributed by atoms with van der Waals surface area (Å²) >= 11 is 0. The van der Waals surface area contributed by atoms with E-state index in [9.17, 15) is 27.9 Å². The number of rotatable bonds is 8. The molecule has 3 fully saturated rings. The molecule has 1 aromatic carbocycles. The fraction of sp³-hybridized carbons (Fsp3) is 0.633. The highest BCUT2D eigenvalue weighted by Crippen LogP contribution is 2.70. The summed E-state index contributed by atoms with van der Waals surface area (Å²) in [5, 5.41) is 10.5. The summed E-state index contributed by atoms with van der Waals surface area (Å²) in [7, 11) is -4.54. The monoisotopic (exact) mass is 578 g/mol. The summed E-state index contributed by atoms with van der Waals surface area (Å²) < 4.78 is 53.5. The zero-order valence-corrected chi connectivity index (χ0v) is 24.4. The van der Waals surface area contributed by atoms with Gasteiger partial charge in [0.05, 0.1) is 4.90 Å². The third-order valence-corrected chi connectivity index (χ3v) is 12.1. The first-order valence-corrected chi connectivity index (χ1v) is 15.1. The number of Topliss-reactive ketones (excluding diaryl/α,β-unsaturated/α-hetero) is 1. The maximum absolute atomic E-state index is 15.5. The Bertz CT molecular complexity index is 1300. The number of carboxylic acid groups (broad SMARTS) is 1. The lowest BCUT2D eigenvalue weighted by molar-refractivity contribution is -0.198. The van der Waals surface area contributed by atoms with Crippen LogP contribution in [0.4, 0.5) is 4.39 Å². The number of alkyl halides is 1. The van der Waals surface area contributed by atoms with Crippen molar-refractivity contribution in [1.82, 2.24) is 0 Å². The lowest BCUT2D eigenvalue weighted by Gasteiger charge is -2.63. The molecule has 3 aliphatic carbocycles. The normalized spacial score (nSPS) is 40.3. The van der Waals surface area contributed by atoms with Crippen LogP contribution in [0.25, 0.3) is 0 Å². The van der Waals surface area contributed by atoms with E-state index in [0.29, 0.717) is 19.3 Å². The van der Waals surface area contributed by atoms with Gasteiger partial charge in [-0.1, -0.05) is 51.5 Å². The molecule has 220 valence electrons. The van der Waals surface area contributed by atoms with Crippen molar-refractivity contribution >= 4 is 28.3 Å². The summed E-state index contributed by atoms with van der Waals surface area (Å²) in [4.78, 5) is 38.1. The zero-order chi connectivity index (χ0) is 29.8. The second-order valence-electron chi connectivity index (χ2n) is 12.6. The molecular formula is C30H39FO8S. The van der Waals surface area contributed by atoms with Gasteiger partial charge < -0.3 is 9.84 Å². The molecule has 0 heterocycles. The standard InChI is InChI=1S/C30H39FO8S/c1-7-28(5)14-21(24(27(34)35)39-40(36,37)20-10-8-17(2)9-11-20)29(6)18(3)12-13-30(19(4)26(28)38-16-32)15-22(31)23(33)25(29)30/h7-11,16,18-19,21-22,24-26H,1,12-15H2,2-6H3,(H,34,35)/t18-,19+,21+,22?,24?,25+,26+,28-,29-,30+/m1/s1. The largest absolute Gasteiger partial charge is 0.479 e. The Labute approximate surface area is 235 Å². The molecule has 10 heteroatoms. The van der Waals surface area contributed by atoms with E-state index in [0.717, 1.165) is 5.56 Å². The topological polar surface area (TPSA) is 124 Å². The molecule has 0 spiro atoms. The average Bonchev–Trinajstić information content (AvgIpc) is 3.17. The molecule has 1 aromatic rings. The molecule has 1 N–H and O–H groups in total. The van der Waals surface area contributed by atoms with Gasteiger partial charge in [-0.05, 0) is 61.5 Å². The summed E-state index contributed by atoms with van der Waals surface area (Å²) in [6, 6.07) is 5.85. The number of halogens is 1. The summed E-state index contributed by atoms with van der Waals surface area (Å²) in [5.41, 5.74) is -2.30. The van der Waals surface area contributed by atoms with Crippen LogP contribution in [0.15, 0.2) is 41.8 Å². The van der Waals surface area contributed by atoms with Crippen molar-refractivity contribution in [1.29, 1.82) is 0 Å². The Balaban J connectivity index is 1.96. The van der Waals surface area contributed by atoms with E-state index in [1.807, 2.05) is 13.8 Å². The molecule has 40 heavy (non-hydrogen) atoms. The predicted octanol–water partition coefficient (Wildman–Crippen LogP) is 4.89. The van der Waals surface area contributed by atoms with Crippen molar-refractivity contribution in [3.8, 4) is 0 Å². The number of ether oxygens (including phenoxy) is 1. The van der Waals surface area contributed by atoms with Crippen molar-refractivity contribution in [2.75, 3.05) is 0 Å². The first kappa shape index (κ1) is 30.4. The van der Waals surface area contributed by atoms with Gasteiger partial charge in [0.2, 0.25) is 0 Å². The second-order valence-corrected chi connectivity index (χ2v) is 14.2. The van der Waals surface area contributed by atoms with E-state index >= 15 is 4.39 Å². The SMILES string of the molecule is C=C[C@]1(C)C[C@@H](C(OS(=O)(=O)c2ccc(C)cc2)C(=O)O)[C@@]2(C)[C@H](C)CC[C@]3(CC(F)C(=O)[C@H]32)[C@@H](C)[C@@H]1OC=O. The van der Waals surface area contributed by atoms with Crippen molar-refractivity contribution in [2.24, 2.45) is 39.9 Å². The minimum atomic E-state index is -4.54. The van der Waals surface area contributed by atoms with Crippen LogP contribution in [0.3, 0.4) is 0 Å². The van der Waals surface area contributed by atoms with Gasteiger partial charge in [-0.25, -0.2) is 9.18 Å². The van der Waals surface area contributed by atoms with Gasteiger partial charge in [0.1, 0.15) is 6.10 Å². The third kappa shape index (κ3) is 4.51. The maximum atomic E-state index is 15.5. The molecule has 0 aliphatic heterocycles. The van der Waals surface area contributed by atoms with Gasteiger partial charge in [-0.2, -0.15) is 8.42 Å². The van der Waals surface area contributed by atoms with Crippen LogP contribution >= 0.6 is 0 Å². The fourth-order valence-corrected chi connectivity index (χ4v) is 9.42. The molecule has 3 aliphatic rings. The fourth-order valence-electron chi connectivity index (χ4n) is 8.35. The second kappa shape index (κ2) is 10.4. The third-order valence-electron chi connectivity index (χ3n) is 10.7. The molecule has 0 radical (unpaired) electrons. The van der Waals surface area contributed by atoms with Gasteiger partial charge in [0.15, 0.2) is 18.1 Å². The number of ketones is 1. The lowest BCUT2D eigenvalue weighted by Crippen LogP contribution is -2.63. The van der Waals surface area contributed by atoms with Gasteiger partial charge in [-0.3, -0.25) is 13.8 Å². The average molecular weight is 579 g/mol. The van der Waals surface area contributed by atoms with E-state index in [1.54, 1.807) is 39.0 Å². The highest BCUT2D eigenvalue weighted by atomic mass is 32.2. The van der Waals surface area contributed by atoms with Crippen molar-refractivity contribution in [3.05, 3.63) is 42.5 Å². The number of aryl methyl sites for hydroxylation is 1. The minimum absolute atomic E-state index is 0.0165. The quantitative estimate of drug-likeness (QED) is 0.263. The van der Waals surface area contributed by atoms with Crippen molar-refractivity contribution in [3.63, 3.8) is 0 Å². The molecular weight excluding hydrogens is 539 g/mol. The Kier molecular flexibility index (Phi) is 7.86. The molecule has 2 unspecified atom stereocenters. The van der Waals surface area contributed by atoms with Crippen LogP contribution < -0.4 is 0 Å². The van der Waals surface area contributed by atoms with E-state index in [2.05, 4.69) is 6.58 Å². The number of carboxylic acids is 1. The lowest BCUT2D eigenvalue weighted by atomic mass is 9.41. The number of hydrogen-bond donors (Lipinski definition) is 1. The van der Waals surface area contributed by atoms with Gasteiger partial charge in [0.25, 0.3) is 16.6 Å². The smallest absolute Gasteiger partial charge is 0.334 e.